The maximum Gasteiger partial charge on any atom is 0.422 e. The second-order valence-corrected chi connectivity index (χ2v) is 13.3. The second kappa shape index (κ2) is 32.4. The SMILES string of the molecule is C=O.CCC(C)C1CCc2c1n[nH]c(=O)c2C(F)(F)F.CCCCCN(C)CCC.CCCOSOCC.C\C=C(/C=N\C(C)=C/CC)C(F)(F)P. The Bertz CT molecular complexity index is 1190. The van der Waals surface area contributed by atoms with Crippen LogP contribution in [0.2, 0.25) is 0 Å². The van der Waals surface area contributed by atoms with Crippen molar-refractivity contribution in [3.8, 4) is 0 Å². The molecule has 8 nitrogen and oxygen atoms in total. The van der Waals surface area contributed by atoms with Crippen molar-refractivity contribution in [1.82, 2.24) is 15.1 Å². The summed E-state index contributed by atoms with van der Waals surface area (Å²) < 4.78 is 74.0. The smallest absolute Gasteiger partial charge is 0.307 e. The Labute approximate surface area is 316 Å². The van der Waals surface area contributed by atoms with Crippen molar-refractivity contribution in [2.75, 3.05) is 33.4 Å². The monoisotopic (exact) mass is 788 g/mol. The molecule has 0 fully saturated rings. The van der Waals surface area contributed by atoms with Crippen molar-refractivity contribution >= 4 is 34.6 Å². The Kier molecular flexibility index (Phi) is 33.9. The van der Waals surface area contributed by atoms with Gasteiger partial charge < -0.3 is 9.69 Å². The minimum Gasteiger partial charge on any atom is -0.307 e. The number of fused-ring (bicyclic) bond motifs is 1. The topological polar surface area (TPSA) is 96.9 Å². The number of aromatic nitrogens is 2. The van der Waals surface area contributed by atoms with Gasteiger partial charge in [0, 0.05) is 23.4 Å². The van der Waals surface area contributed by atoms with E-state index in [1.807, 2.05) is 45.7 Å². The lowest BCUT2D eigenvalue weighted by molar-refractivity contribution is -0.139. The van der Waals surface area contributed by atoms with Crippen LogP contribution in [0.15, 0.2) is 33.2 Å². The zero-order valence-electron chi connectivity index (χ0n) is 33.1. The van der Waals surface area contributed by atoms with E-state index in [1.165, 1.54) is 60.3 Å². The van der Waals surface area contributed by atoms with Crippen LogP contribution in [-0.2, 0) is 25.8 Å². The van der Waals surface area contributed by atoms with Gasteiger partial charge in [0.15, 0.2) is 12.3 Å². The van der Waals surface area contributed by atoms with E-state index in [9.17, 15) is 26.7 Å². The van der Waals surface area contributed by atoms with Crippen LogP contribution < -0.4 is 5.56 Å². The lowest BCUT2D eigenvalue weighted by atomic mass is 9.90. The summed E-state index contributed by atoms with van der Waals surface area (Å²) in [4.78, 5) is 25.7. The van der Waals surface area contributed by atoms with Gasteiger partial charge in [0.2, 0.25) is 0 Å². The summed E-state index contributed by atoms with van der Waals surface area (Å²) in [5, 5.41) is 5.84. The van der Waals surface area contributed by atoms with Crippen molar-refractivity contribution in [3.05, 3.63) is 50.6 Å². The number of aliphatic imine (C=N–C) groups is 1. The Morgan fingerprint density at radius 2 is 1.71 bits per heavy atom. The highest BCUT2D eigenvalue weighted by atomic mass is 32.2. The highest BCUT2D eigenvalue weighted by molar-refractivity contribution is 7.89. The first kappa shape index (κ1) is 54.4. The van der Waals surface area contributed by atoms with Gasteiger partial charge in [0.05, 0.1) is 18.9 Å². The zero-order valence-corrected chi connectivity index (χ0v) is 35.1. The van der Waals surface area contributed by atoms with E-state index in [-0.39, 0.29) is 29.4 Å². The number of alkyl halides is 5. The molecule has 52 heavy (non-hydrogen) atoms. The molecule has 1 aromatic rings. The molecule has 1 heterocycles. The number of nitrogens with zero attached hydrogens (tertiary/aromatic N) is 3. The van der Waals surface area contributed by atoms with Gasteiger partial charge in [0.1, 0.15) is 12.4 Å². The van der Waals surface area contributed by atoms with E-state index >= 15 is 0 Å². The van der Waals surface area contributed by atoms with Gasteiger partial charge in [-0.15, -0.1) is 0 Å². The average molecular weight is 789 g/mol. The molecule has 1 aliphatic rings. The molecule has 0 spiro atoms. The summed E-state index contributed by atoms with van der Waals surface area (Å²) in [6, 6.07) is 0. The third-order valence-electron chi connectivity index (χ3n) is 7.64. The molecule has 0 saturated carbocycles. The predicted molar refractivity (Wildman–Crippen MR) is 211 cm³/mol. The molecule has 0 amide bonds. The Morgan fingerprint density at radius 1 is 1.08 bits per heavy atom. The number of hydrogen-bond donors (Lipinski definition) is 1. The zero-order chi connectivity index (χ0) is 40.8. The molecule has 0 saturated heterocycles. The van der Waals surface area contributed by atoms with Crippen LogP contribution in [0.1, 0.15) is 136 Å². The molecule has 1 aliphatic carbocycles. The summed E-state index contributed by atoms with van der Waals surface area (Å²) in [6.45, 7) is 23.8. The van der Waals surface area contributed by atoms with E-state index in [2.05, 4.69) is 42.8 Å². The maximum atomic E-state index is 12.9. The van der Waals surface area contributed by atoms with Gasteiger partial charge >= 0.3 is 6.18 Å². The molecule has 1 aromatic heterocycles. The van der Waals surface area contributed by atoms with Crippen LogP contribution >= 0.6 is 21.6 Å². The third-order valence-corrected chi connectivity index (χ3v) is 8.57. The first-order valence-electron chi connectivity index (χ1n) is 18.1. The fourth-order valence-electron chi connectivity index (χ4n) is 4.83. The third kappa shape index (κ3) is 25.1. The van der Waals surface area contributed by atoms with Gasteiger partial charge in [0.25, 0.3) is 11.2 Å². The minimum absolute atomic E-state index is 0.0166. The van der Waals surface area contributed by atoms with E-state index in [0.717, 1.165) is 43.9 Å². The number of hydrogen-bond acceptors (Lipinski definition) is 8. The molecule has 3 unspecified atom stereocenters. The quantitative estimate of drug-likeness (QED) is 0.0552. The summed E-state index contributed by atoms with van der Waals surface area (Å²) in [5.74, 6) is 0.286. The van der Waals surface area contributed by atoms with Gasteiger partial charge in [-0.25, -0.2) is 5.10 Å². The molecule has 0 aromatic carbocycles. The fraction of sp³-hybridized carbons (Fsp3) is 0.730. The summed E-state index contributed by atoms with van der Waals surface area (Å²) >= 11 is 1.08. The number of nitrogens with one attached hydrogen (secondary N) is 1. The van der Waals surface area contributed by atoms with Crippen LogP contribution in [-0.4, -0.2) is 67.1 Å². The number of aromatic amines is 1. The van der Waals surface area contributed by atoms with Crippen molar-refractivity contribution in [3.63, 3.8) is 0 Å². The maximum absolute atomic E-state index is 12.9. The molecule has 2 rings (SSSR count). The van der Waals surface area contributed by atoms with E-state index < -0.39 is 23.0 Å². The van der Waals surface area contributed by atoms with Crippen molar-refractivity contribution < 1.29 is 35.1 Å². The van der Waals surface area contributed by atoms with Crippen molar-refractivity contribution in [1.29, 1.82) is 0 Å². The van der Waals surface area contributed by atoms with Gasteiger partial charge in [-0.05, 0) is 90.9 Å². The lowest BCUT2D eigenvalue weighted by Gasteiger charge is -2.17. The fourth-order valence-corrected chi connectivity index (χ4v) is 5.47. The standard InChI is InChI=1S/C12H15F3N2O.C10H16F2NP.C9H21N.C5H12O2S.CH2O/c1-3-6(2)7-4-5-8-9(12(13,14)15)11(18)17-16-10(7)8;1-4-6-8(3)13-7-9(5-2)10(11,12)14;1-4-6-7-9-10(3)8-5-2;1-3-5-7-8-6-4-2;1-2/h6-7H,3-5H2,1-2H3,(H,17,18);5-7H,4,14H2,1-3H3;4-9H2,1-3H3;3-5H2,1-2H3;1H2/b;8-6-,9-5+,13-7-;;;. The summed E-state index contributed by atoms with van der Waals surface area (Å²) in [5.41, 5.74) is -3.91. The Morgan fingerprint density at radius 3 is 2.17 bits per heavy atom. The normalized spacial score (nSPS) is 15.0. The number of H-pyrrole nitrogens is 1. The molecule has 15 heteroatoms. The molecule has 3 atom stereocenters. The molecular weight excluding hydrogens is 722 g/mol. The molecule has 0 aliphatic heterocycles. The number of rotatable bonds is 17. The predicted octanol–water partition coefficient (Wildman–Crippen LogP) is 11.0. The largest absolute Gasteiger partial charge is 0.422 e. The van der Waals surface area contributed by atoms with Crippen LogP contribution in [0.4, 0.5) is 22.0 Å². The molecule has 0 bridgehead atoms. The average Bonchev–Trinajstić information content (AvgIpc) is 3.51. The first-order chi connectivity index (χ1) is 24.5. The van der Waals surface area contributed by atoms with Crippen LogP contribution in [0.25, 0.3) is 0 Å². The van der Waals surface area contributed by atoms with Crippen LogP contribution in [0, 0.1) is 5.92 Å². The Hall–Kier alpha value is -1.99. The molecule has 304 valence electrons. The van der Waals surface area contributed by atoms with Gasteiger partial charge in [-0.1, -0.05) is 82.2 Å². The van der Waals surface area contributed by atoms with Crippen LogP contribution in [0.5, 0.6) is 0 Å². The number of unbranched alkanes of at least 4 members (excludes halogenated alkanes) is 2. The summed E-state index contributed by atoms with van der Waals surface area (Å²) in [7, 11) is 3.70. The van der Waals surface area contributed by atoms with Gasteiger partial charge in [-0.2, -0.15) is 27.1 Å². The molecule has 0 radical (unpaired) electrons. The first-order valence-corrected chi connectivity index (χ1v) is 19.4. The molecular formula is C37H66F5N4O4PS. The van der Waals surface area contributed by atoms with E-state index in [4.69, 9.17) is 13.2 Å². The van der Waals surface area contributed by atoms with E-state index in [1.54, 1.807) is 13.8 Å². The van der Waals surface area contributed by atoms with E-state index in [0.29, 0.717) is 18.7 Å². The van der Waals surface area contributed by atoms with Crippen molar-refractivity contribution in [2.24, 2.45) is 10.9 Å². The summed E-state index contributed by atoms with van der Waals surface area (Å²) in [6.07, 6.45) is 8.90. The highest BCUT2D eigenvalue weighted by Gasteiger charge is 2.41. The van der Waals surface area contributed by atoms with Crippen LogP contribution in [0.3, 0.4) is 0 Å². The molecule has 1 N–H and O–H groups in total. The Balaban J connectivity index is -0.000000634. The van der Waals surface area contributed by atoms with Gasteiger partial charge in [-0.3, -0.25) is 18.2 Å². The highest BCUT2D eigenvalue weighted by Crippen LogP contribution is 2.42. The number of carbonyl (C=O) groups is 1. The number of carbonyl (C=O) groups excluding carboxylic acids is 1. The minimum atomic E-state index is -4.61. The number of halogens is 5. The van der Waals surface area contributed by atoms with Crippen molar-refractivity contribution in [2.45, 2.75) is 138 Å². The number of allylic oxidation sites excluding steroid dienone is 4. The lowest BCUT2D eigenvalue weighted by Crippen LogP contribution is -2.26. The second-order valence-electron chi connectivity index (χ2n) is 12.0.